The first-order valence-electron chi connectivity index (χ1n) is 5.13. The molecule has 0 aliphatic heterocycles. The van der Waals surface area contributed by atoms with E-state index in [0.29, 0.717) is 5.69 Å². The molecule has 0 atom stereocenters. The quantitative estimate of drug-likeness (QED) is 0.752. The van der Waals surface area contributed by atoms with Gasteiger partial charge >= 0.3 is 5.97 Å². The fraction of sp³-hybridized carbons (Fsp3) is 0.333. The first-order chi connectivity index (χ1) is 8.04. The summed E-state index contributed by atoms with van der Waals surface area (Å²) >= 11 is 0. The van der Waals surface area contributed by atoms with Gasteiger partial charge in [0.05, 0.1) is 13.5 Å². The lowest BCUT2D eigenvalue weighted by atomic mass is 10.2. The van der Waals surface area contributed by atoms with Crippen LogP contribution in [0.25, 0.3) is 0 Å². The lowest BCUT2D eigenvalue weighted by Crippen LogP contribution is -2.26. The van der Waals surface area contributed by atoms with Gasteiger partial charge in [0.25, 0.3) is 0 Å². The minimum Gasteiger partial charge on any atom is -0.469 e. The van der Waals surface area contributed by atoms with E-state index in [-0.39, 0.29) is 24.6 Å². The van der Waals surface area contributed by atoms with E-state index in [4.69, 9.17) is 0 Å². The molecule has 1 aromatic carbocycles. The Kier molecular flexibility index (Phi) is 4.63. The lowest BCUT2D eigenvalue weighted by Gasteiger charge is -2.16. The molecule has 0 aliphatic carbocycles. The van der Waals surface area contributed by atoms with Gasteiger partial charge in [-0.25, -0.2) is 4.39 Å². The number of ether oxygens (including phenoxy) is 1. The summed E-state index contributed by atoms with van der Waals surface area (Å²) in [5.41, 5.74) is 0.585. The molecule has 17 heavy (non-hydrogen) atoms. The van der Waals surface area contributed by atoms with Crippen molar-refractivity contribution in [2.75, 3.05) is 19.1 Å². The first-order valence-corrected chi connectivity index (χ1v) is 5.13. The van der Waals surface area contributed by atoms with Gasteiger partial charge in [0.15, 0.2) is 0 Å². The van der Waals surface area contributed by atoms with Crippen LogP contribution in [-0.4, -0.2) is 26.0 Å². The molecule has 92 valence electrons. The summed E-state index contributed by atoms with van der Waals surface area (Å²) in [6, 6.07) is 5.57. The molecule has 0 spiro atoms. The van der Waals surface area contributed by atoms with Gasteiger partial charge in [-0.2, -0.15) is 0 Å². The van der Waals surface area contributed by atoms with E-state index in [0.717, 1.165) is 0 Å². The van der Waals surface area contributed by atoms with Gasteiger partial charge in [-0.1, -0.05) is 0 Å². The molecule has 0 aliphatic rings. The van der Waals surface area contributed by atoms with Crippen molar-refractivity contribution < 1.29 is 18.7 Å². The Bertz CT molecular complexity index is 403. The van der Waals surface area contributed by atoms with E-state index in [1.807, 2.05) is 0 Å². The second-order valence-corrected chi connectivity index (χ2v) is 3.51. The number of carbonyl (C=O) groups is 2. The normalized spacial score (nSPS) is 9.82. The smallest absolute Gasteiger partial charge is 0.306 e. The number of rotatable bonds is 4. The molecule has 1 aromatic rings. The number of esters is 1. The van der Waals surface area contributed by atoms with Gasteiger partial charge in [-0.3, -0.25) is 9.59 Å². The molecular formula is C12H14FNO3. The Labute approximate surface area is 99.0 Å². The second-order valence-electron chi connectivity index (χ2n) is 3.51. The molecule has 0 radical (unpaired) electrons. The average Bonchev–Trinajstić information content (AvgIpc) is 2.35. The highest BCUT2D eigenvalue weighted by Crippen LogP contribution is 2.14. The fourth-order valence-electron chi connectivity index (χ4n) is 1.29. The zero-order chi connectivity index (χ0) is 12.8. The molecule has 0 bridgehead atoms. The molecule has 0 heterocycles. The van der Waals surface area contributed by atoms with Crippen molar-refractivity contribution >= 4 is 17.6 Å². The van der Waals surface area contributed by atoms with Crippen molar-refractivity contribution in [2.45, 2.75) is 12.8 Å². The number of hydrogen-bond acceptors (Lipinski definition) is 3. The highest BCUT2D eigenvalue weighted by Gasteiger charge is 2.12. The van der Waals surface area contributed by atoms with Crippen molar-refractivity contribution in [2.24, 2.45) is 0 Å². The minimum atomic E-state index is -0.425. The number of amides is 1. The van der Waals surface area contributed by atoms with Crippen molar-refractivity contribution in [3.8, 4) is 0 Å². The molecule has 0 saturated heterocycles. The van der Waals surface area contributed by atoms with Gasteiger partial charge in [0.1, 0.15) is 5.82 Å². The van der Waals surface area contributed by atoms with Crippen molar-refractivity contribution in [3.05, 3.63) is 30.1 Å². The third-order valence-corrected chi connectivity index (χ3v) is 2.36. The van der Waals surface area contributed by atoms with Crippen LogP contribution in [0.1, 0.15) is 12.8 Å². The molecular weight excluding hydrogens is 225 g/mol. The predicted molar refractivity (Wildman–Crippen MR) is 61.1 cm³/mol. The highest BCUT2D eigenvalue weighted by molar-refractivity contribution is 5.94. The van der Waals surface area contributed by atoms with Gasteiger partial charge in [-0.05, 0) is 24.3 Å². The second kappa shape index (κ2) is 5.98. The number of halogens is 1. The largest absolute Gasteiger partial charge is 0.469 e. The number of methoxy groups -OCH3 is 1. The van der Waals surface area contributed by atoms with Crippen LogP contribution >= 0.6 is 0 Å². The van der Waals surface area contributed by atoms with Crippen molar-refractivity contribution in [1.29, 1.82) is 0 Å². The van der Waals surface area contributed by atoms with E-state index >= 15 is 0 Å². The molecule has 0 aromatic heterocycles. The van der Waals surface area contributed by atoms with Crippen molar-refractivity contribution in [3.63, 3.8) is 0 Å². The van der Waals surface area contributed by atoms with E-state index in [1.165, 1.54) is 36.3 Å². The Morgan fingerprint density at radius 2 is 1.82 bits per heavy atom. The molecule has 4 nitrogen and oxygen atoms in total. The summed E-state index contributed by atoms with van der Waals surface area (Å²) in [4.78, 5) is 23.9. The Morgan fingerprint density at radius 1 is 1.24 bits per heavy atom. The molecule has 0 N–H and O–H groups in total. The summed E-state index contributed by atoms with van der Waals surface area (Å²) in [5, 5.41) is 0. The Morgan fingerprint density at radius 3 is 2.35 bits per heavy atom. The standard InChI is InChI=1S/C12H14FNO3/c1-14(10-5-3-9(13)4-6-10)11(15)7-8-12(16)17-2/h3-6H,7-8H2,1-2H3. The third kappa shape index (κ3) is 3.86. The van der Waals surface area contributed by atoms with Gasteiger partial charge in [0, 0.05) is 19.2 Å². The van der Waals surface area contributed by atoms with Crippen molar-refractivity contribution in [1.82, 2.24) is 0 Å². The van der Waals surface area contributed by atoms with Crippen LogP contribution in [-0.2, 0) is 14.3 Å². The minimum absolute atomic E-state index is 0.0425. The van der Waals surface area contributed by atoms with Crippen LogP contribution in [0.5, 0.6) is 0 Å². The SMILES string of the molecule is COC(=O)CCC(=O)N(C)c1ccc(F)cc1. The number of benzene rings is 1. The molecule has 1 amide bonds. The van der Waals surface area contributed by atoms with E-state index in [2.05, 4.69) is 4.74 Å². The van der Waals surface area contributed by atoms with Crippen LogP contribution in [0.4, 0.5) is 10.1 Å². The topological polar surface area (TPSA) is 46.6 Å². The van der Waals surface area contributed by atoms with Crippen LogP contribution in [0.3, 0.4) is 0 Å². The molecule has 5 heteroatoms. The summed E-state index contributed by atoms with van der Waals surface area (Å²) in [6.45, 7) is 0. The maximum atomic E-state index is 12.7. The number of hydrogen-bond donors (Lipinski definition) is 0. The number of nitrogens with zero attached hydrogens (tertiary/aromatic N) is 1. The van der Waals surface area contributed by atoms with Gasteiger partial charge in [-0.15, -0.1) is 0 Å². The summed E-state index contributed by atoms with van der Waals surface area (Å²) < 4.78 is 17.1. The lowest BCUT2D eigenvalue weighted by molar-refractivity contribution is -0.141. The summed E-state index contributed by atoms with van der Waals surface area (Å²) in [5.74, 6) is -1.00. The maximum absolute atomic E-state index is 12.7. The van der Waals surface area contributed by atoms with Gasteiger partial charge < -0.3 is 9.64 Å². The zero-order valence-corrected chi connectivity index (χ0v) is 9.77. The van der Waals surface area contributed by atoms with Crippen LogP contribution in [0, 0.1) is 5.82 Å². The first kappa shape index (κ1) is 13.2. The fourth-order valence-corrected chi connectivity index (χ4v) is 1.29. The molecule has 0 fully saturated rings. The molecule has 1 rings (SSSR count). The number of carbonyl (C=O) groups excluding carboxylic acids is 2. The van der Waals surface area contributed by atoms with E-state index in [9.17, 15) is 14.0 Å². The summed E-state index contributed by atoms with van der Waals surface area (Å²) in [7, 11) is 2.85. The monoisotopic (exact) mass is 239 g/mol. The zero-order valence-electron chi connectivity index (χ0n) is 9.77. The number of anilines is 1. The maximum Gasteiger partial charge on any atom is 0.306 e. The average molecular weight is 239 g/mol. The Balaban J connectivity index is 2.57. The predicted octanol–water partition coefficient (Wildman–Crippen LogP) is 1.74. The van der Waals surface area contributed by atoms with Crippen LogP contribution in [0.15, 0.2) is 24.3 Å². The molecule has 0 unspecified atom stereocenters. The van der Waals surface area contributed by atoms with Gasteiger partial charge in [0.2, 0.25) is 5.91 Å². The van der Waals surface area contributed by atoms with Crippen LogP contribution in [0.2, 0.25) is 0 Å². The highest BCUT2D eigenvalue weighted by atomic mass is 19.1. The summed E-state index contributed by atoms with van der Waals surface area (Å²) in [6.07, 6.45) is 0.113. The Hall–Kier alpha value is -1.91. The van der Waals surface area contributed by atoms with E-state index in [1.54, 1.807) is 7.05 Å². The molecule has 0 saturated carbocycles. The van der Waals surface area contributed by atoms with Crippen LogP contribution < -0.4 is 4.90 Å². The third-order valence-electron chi connectivity index (χ3n) is 2.36. The van der Waals surface area contributed by atoms with E-state index < -0.39 is 5.97 Å².